The third-order valence-corrected chi connectivity index (χ3v) is 10.2. The van der Waals surface area contributed by atoms with E-state index in [-0.39, 0.29) is 38.0 Å². The van der Waals surface area contributed by atoms with E-state index in [1.165, 1.54) is 12.5 Å². The zero-order valence-electron chi connectivity index (χ0n) is 41.0. The summed E-state index contributed by atoms with van der Waals surface area (Å²) in [6, 6.07) is 18.1. The van der Waals surface area contributed by atoms with Crippen molar-refractivity contribution in [2.24, 2.45) is 0 Å². The Balaban J connectivity index is 1.78. The number of hydrogen-bond donors (Lipinski definition) is 7. The van der Waals surface area contributed by atoms with Crippen molar-refractivity contribution in [2.75, 3.05) is 13.1 Å². The Labute approximate surface area is 404 Å². The van der Waals surface area contributed by atoms with Crippen LogP contribution in [0.3, 0.4) is 0 Å². The zero-order valence-corrected chi connectivity index (χ0v) is 41.0. The van der Waals surface area contributed by atoms with Gasteiger partial charge in [-0.15, -0.1) is 0 Å². The standard InChI is InChI=1S/C51H70N6O12/c1-9-10-16-34-20-22-36(23-21-34)37-24-26-38(27-25-37)44(60)57-41(31-53-49(66)69-51(6,7)8)46(62)55-39(28-29-42(58)67-32-35-17-12-11-13-18-35)45(61)54-33(2)43(59)56-40(47(63)64)19-14-15-30-52-48(65)68-50(3,4)5/h11-13,17-18,20-27,33,39-41H,9-10,14-16,19,28-32H2,1-8H3,(H,52,65)(H,53,66)(H,54,61)(H,55,62)(H,56,59)(H,57,60)(H,63,64). The number of nitrogens with one attached hydrogen (secondary N) is 6. The number of ether oxygens (including phenoxy) is 3. The molecule has 0 bridgehead atoms. The summed E-state index contributed by atoms with van der Waals surface area (Å²) in [6.45, 7) is 13.2. The maximum absolute atomic E-state index is 14.1. The van der Waals surface area contributed by atoms with Gasteiger partial charge in [0.1, 0.15) is 42.0 Å². The lowest BCUT2D eigenvalue weighted by Crippen LogP contribution is -2.59. The Morgan fingerprint density at radius 3 is 1.74 bits per heavy atom. The summed E-state index contributed by atoms with van der Waals surface area (Å²) in [5.41, 5.74) is 2.36. The number of aliphatic carboxylic acids is 1. The molecule has 0 aliphatic carbocycles. The van der Waals surface area contributed by atoms with E-state index >= 15 is 0 Å². The number of aryl methyl sites for hydroxylation is 1. The third-order valence-electron chi connectivity index (χ3n) is 10.2. The number of esters is 1. The minimum Gasteiger partial charge on any atom is -0.480 e. The van der Waals surface area contributed by atoms with Crippen LogP contribution in [0.5, 0.6) is 0 Å². The molecule has 69 heavy (non-hydrogen) atoms. The largest absolute Gasteiger partial charge is 0.480 e. The summed E-state index contributed by atoms with van der Waals surface area (Å²) in [5, 5.41) is 25.0. The van der Waals surface area contributed by atoms with Crippen molar-refractivity contribution in [1.29, 1.82) is 0 Å². The van der Waals surface area contributed by atoms with Crippen LogP contribution in [-0.2, 0) is 51.2 Å². The number of carbonyl (C=O) groups is 8. The highest BCUT2D eigenvalue weighted by Crippen LogP contribution is 2.21. The van der Waals surface area contributed by atoms with E-state index in [0.717, 1.165) is 30.4 Å². The monoisotopic (exact) mass is 959 g/mol. The van der Waals surface area contributed by atoms with Crippen LogP contribution in [0.1, 0.15) is 122 Å². The van der Waals surface area contributed by atoms with Crippen molar-refractivity contribution in [3.63, 3.8) is 0 Å². The van der Waals surface area contributed by atoms with Crippen molar-refractivity contribution >= 4 is 47.8 Å². The highest BCUT2D eigenvalue weighted by molar-refractivity contribution is 5.99. The summed E-state index contributed by atoms with van der Waals surface area (Å²) < 4.78 is 15.9. The number of rotatable bonds is 25. The van der Waals surface area contributed by atoms with E-state index in [1.54, 1.807) is 96.1 Å². The van der Waals surface area contributed by atoms with Gasteiger partial charge in [0.15, 0.2) is 0 Å². The predicted molar refractivity (Wildman–Crippen MR) is 259 cm³/mol. The topological polar surface area (TPSA) is 257 Å². The smallest absolute Gasteiger partial charge is 0.407 e. The molecule has 0 aromatic heterocycles. The highest BCUT2D eigenvalue weighted by atomic mass is 16.6. The van der Waals surface area contributed by atoms with Crippen molar-refractivity contribution in [2.45, 2.75) is 149 Å². The van der Waals surface area contributed by atoms with Crippen LogP contribution in [0.2, 0.25) is 0 Å². The molecule has 18 heteroatoms. The Morgan fingerprint density at radius 1 is 0.594 bits per heavy atom. The van der Waals surface area contributed by atoms with Gasteiger partial charge < -0.3 is 51.2 Å². The lowest BCUT2D eigenvalue weighted by molar-refractivity contribution is -0.145. The molecule has 0 spiro atoms. The number of alkyl carbamates (subject to hydrolysis) is 2. The third kappa shape index (κ3) is 22.1. The molecular formula is C51H70N6O12. The fourth-order valence-electron chi connectivity index (χ4n) is 6.53. The molecule has 3 aromatic carbocycles. The van der Waals surface area contributed by atoms with Crippen LogP contribution in [0.15, 0.2) is 78.9 Å². The van der Waals surface area contributed by atoms with E-state index in [9.17, 15) is 43.5 Å². The molecule has 0 radical (unpaired) electrons. The summed E-state index contributed by atoms with van der Waals surface area (Å²) in [5.74, 6) is -5.39. The number of unbranched alkanes of at least 4 members (excludes halogenated alkanes) is 2. The Morgan fingerprint density at radius 2 is 1.16 bits per heavy atom. The van der Waals surface area contributed by atoms with Crippen LogP contribution in [0.4, 0.5) is 9.59 Å². The lowest BCUT2D eigenvalue weighted by atomic mass is 10.0. The van der Waals surface area contributed by atoms with Gasteiger partial charge in [0.2, 0.25) is 17.7 Å². The molecule has 0 saturated heterocycles. The fraction of sp³-hybridized carbons (Fsp3) is 0.490. The molecule has 0 aliphatic heterocycles. The normalized spacial score (nSPS) is 13.0. The van der Waals surface area contributed by atoms with Crippen molar-refractivity contribution < 1.29 is 57.7 Å². The molecule has 0 saturated carbocycles. The number of carboxylic acid groups (broad SMARTS) is 1. The maximum atomic E-state index is 14.1. The Kier molecular flexibility index (Phi) is 22.7. The first-order valence-corrected chi connectivity index (χ1v) is 23.3. The first-order valence-electron chi connectivity index (χ1n) is 23.3. The molecule has 3 aromatic rings. The van der Waals surface area contributed by atoms with Gasteiger partial charge in [-0.1, -0.05) is 80.1 Å². The molecule has 376 valence electrons. The minimum absolute atomic E-state index is 0.00305. The summed E-state index contributed by atoms with van der Waals surface area (Å²) in [7, 11) is 0. The molecule has 18 nitrogen and oxygen atoms in total. The minimum atomic E-state index is -1.50. The van der Waals surface area contributed by atoms with E-state index in [1.807, 2.05) is 12.1 Å². The van der Waals surface area contributed by atoms with Gasteiger partial charge >= 0.3 is 24.1 Å². The molecule has 4 atom stereocenters. The second-order valence-corrected chi connectivity index (χ2v) is 18.6. The van der Waals surface area contributed by atoms with Crippen LogP contribution in [0.25, 0.3) is 11.1 Å². The molecule has 4 unspecified atom stereocenters. The lowest BCUT2D eigenvalue weighted by Gasteiger charge is -2.25. The average molecular weight is 959 g/mol. The Hall–Kier alpha value is -6.98. The maximum Gasteiger partial charge on any atom is 0.407 e. The second-order valence-electron chi connectivity index (χ2n) is 18.6. The molecule has 7 N–H and O–H groups in total. The van der Waals surface area contributed by atoms with Crippen LogP contribution in [0, 0.1) is 0 Å². The summed E-state index contributed by atoms with van der Waals surface area (Å²) in [6.07, 6.45) is 1.66. The fourth-order valence-corrected chi connectivity index (χ4v) is 6.53. The molecule has 3 rings (SSSR count). The van der Waals surface area contributed by atoms with Crippen LogP contribution in [-0.4, -0.2) is 101 Å². The van der Waals surface area contributed by atoms with Gasteiger partial charge in [0.05, 0.1) is 6.54 Å². The quantitative estimate of drug-likeness (QED) is 0.0289. The summed E-state index contributed by atoms with van der Waals surface area (Å²) >= 11 is 0. The SMILES string of the molecule is CCCCc1ccc(-c2ccc(C(=O)NC(CNC(=O)OC(C)(C)C)C(=O)NC(CCC(=O)OCc3ccccc3)C(=O)NC(C)C(=O)NC(CCCCNC(=O)OC(C)(C)C)C(=O)O)cc2)cc1. The van der Waals surface area contributed by atoms with Gasteiger partial charge in [-0.3, -0.25) is 24.0 Å². The molecule has 0 aliphatic rings. The molecule has 6 amide bonds. The summed E-state index contributed by atoms with van der Waals surface area (Å²) in [4.78, 5) is 105. The number of carbonyl (C=O) groups excluding carboxylic acids is 7. The number of carboxylic acids is 1. The first-order chi connectivity index (χ1) is 32.5. The zero-order chi connectivity index (χ0) is 51.1. The molecular weight excluding hydrogens is 889 g/mol. The van der Waals surface area contributed by atoms with Gasteiger partial charge in [0.25, 0.3) is 5.91 Å². The van der Waals surface area contributed by atoms with E-state index in [2.05, 4.69) is 51.0 Å². The average Bonchev–Trinajstić information content (AvgIpc) is 3.28. The van der Waals surface area contributed by atoms with Crippen molar-refractivity contribution in [3.05, 3.63) is 95.6 Å². The van der Waals surface area contributed by atoms with E-state index in [4.69, 9.17) is 14.2 Å². The predicted octanol–water partition coefficient (Wildman–Crippen LogP) is 6.10. The van der Waals surface area contributed by atoms with Crippen molar-refractivity contribution in [3.8, 4) is 11.1 Å². The first kappa shape index (κ1) is 56.3. The van der Waals surface area contributed by atoms with E-state index < -0.39 is 89.7 Å². The number of hydrogen-bond acceptors (Lipinski definition) is 11. The van der Waals surface area contributed by atoms with Gasteiger partial charge in [-0.05, 0) is 121 Å². The Bertz CT molecular complexity index is 2170. The second kappa shape index (κ2) is 27.7. The highest BCUT2D eigenvalue weighted by Gasteiger charge is 2.31. The van der Waals surface area contributed by atoms with Crippen LogP contribution < -0.4 is 31.9 Å². The number of amides is 6. The van der Waals surface area contributed by atoms with Gasteiger partial charge in [-0.2, -0.15) is 0 Å². The van der Waals surface area contributed by atoms with Crippen LogP contribution >= 0.6 is 0 Å². The van der Waals surface area contributed by atoms with Gasteiger partial charge in [-0.25, -0.2) is 14.4 Å². The van der Waals surface area contributed by atoms with E-state index in [0.29, 0.717) is 18.4 Å². The van der Waals surface area contributed by atoms with Crippen molar-refractivity contribution in [1.82, 2.24) is 31.9 Å². The molecule has 0 heterocycles. The van der Waals surface area contributed by atoms with Gasteiger partial charge in [0, 0.05) is 18.5 Å². The molecule has 0 fully saturated rings. The number of benzene rings is 3.